The predicted octanol–water partition coefficient (Wildman–Crippen LogP) is 4.22. The maximum absolute atomic E-state index is 2.30. The van der Waals surface area contributed by atoms with Crippen LogP contribution < -0.4 is 0 Å². The van der Waals surface area contributed by atoms with Gasteiger partial charge in [0.25, 0.3) is 0 Å². The van der Waals surface area contributed by atoms with Gasteiger partial charge in [0.2, 0.25) is 0 Å². The van der Waals surface area contributed by atoms with Crippen molar-refractivity contribution in [2.24, 2.45) is 0 Å². The van der Waals surface area contributed by atoms with E-state index >= 15 is 0 Å². The van der Waals surface area contributed by atoms with Crippen molar-refractivity contribution in [1.82, 2.24) is 0 Å². The highest BCUT2D eigenvalue weighted by Crippen LogP contribution is 2.44. The summed E-state index contributed by atoms with van der Waals surface area (Å²) >= 11 is 2.07. The van der Waals surface area contributed by atoms with Gasteiger partial charge in [-0.1, -0.05) is 24.3 Å². The Kier molecular flexibility index (Phi) is 2.13. The van der Waals surface area contributed by atoms with Crippen LogP contribution in [0.1, 0.15) is 36.8 Å². The topological polar surface area (TPSA) is 0 Å². The first-order valence-electron chi connectivity index (χ1n) is 5.38. The summed E-state index contributed by atoms with van der Waals surface area (Å²) in [5.74, 6) is 1.19. The van der Waals surface area contributed by atoms with Crippen molar-refractivity contribution >= 4 is 17.3 Å². The van der Waals surface area contributed by atoms with Gasteiger partial charge in [0.05, 0.1) is 0 Å². The lowest BCUT2D eigenvalue weighted by atomic mass is 9.90. The maximum Gasteiger partial charge on any atom is 0.0234 e. The van der Waals surface area contributed by atoms with Crippen LogP contribution in [0, 0.1) is 0 Å². The number of thioether (sulfide) groups is 1. The molecule has 2 aliphatic rings. The quantitative estimate of drug-likeness (QED) is 0.607. The molecule has 3 rings (SSSR count). The Morgan fingerprint density at radius 3 is 2.86 bits per heavy atom. The van der Waals surface area contributed by atoms with Gasteiger partial charge in [0.15, 0.2) is 0 Å². The zero-order chi connectivity index (χ0) is 9.38. The van der Waals surface area contributed by atoms with E-state index in [0.717, 1.165) is 0 Å². The molecular weight excluding hydrogens is 188 g/mol. The van der Waals surface area contributed by atoms with Crippen LogP contribution in [0.5, 0.6) is 0 Å². The van der Waals surface area contributed by atoms with Crippen LogP contribution in [0.3, 0.4) is 0 Å². The van der Waals surface area contributed by atoms with Gasteiger partial charge in [-0.05, 0) is 47.3 Å². The third-order valence-electron chi connectivity index (χ3n) is 3.16. The van der Waals surface area contributed by atoms with Gasteiger partial charge in [0, 0.05) is 5.75 Å². The van der Waals surface area contributed by atoms with Crippen LogP contribution in [-0.2, 0) is 5.75 Å². The molecule has 72 valence electrons. The first-order valence-corrected chi connectivity index (χ1v) is 6.37. The zero-order valence-corrected chi connectivity index (χ0v) is 9.07. The maximum atomic E-state index is 2.30. The Hall–Kier alpha value is -0.690. The molecule has 1 aliphatic carbocycles. The molecule has 0 atom stereocenters. The van der Waals surface area contributed by atoms with Crippen LogP contribution in [0.25, 0.3) is 5.57 Å². The normalized spacial score (nSPS) is 20.3. The number of allylic oxidation sites excluding steroid dienone is 2. The van der Waals surface area contributed by atoms with Crippen molar-refractivity contribution in [3.8, 4) is 0 Å². The molecule has 1 heterocycles. The average Bonchev–Trinajstić information content (AvgIpc) is 2.29. The lowest BCUT2D eigenvalue weighted by Crippen LogP contribution is -2.04. The molecule has 0 saturated heterocycles. The van der Waals surface area contributed by atoms with Crippen molar-refractivity contribution in [3.05, 3.63) is 40.3 Å². The molecule has 0 saturated carbocycles. The Labute approximate surface area is 89.4 Å². The summed E-state index contributed by atoms with van der Waals surface area (Å²) in [5, 5.41) is 0. The van der Waals surface area contributed by atoms with Gasteiger partial charge in [-0.15, -0.1) is 11.8 Å². The number of hydrogen-bond acceptors (Lipinski definition) is 1. The Bertz CT molecular complexity index is 390. The van der Waals surface area contributed by atoms with Crippen molar-refractivity contribution in [2.75, 3.05) is 0 Å². The summed E-state index contributed by atoms with van der Waals surface area (Å²) in [7, 11) is 0. The highest BCUT2D eigenvalue weighted by Gasteiger charge is 2.20. The van der Waals surface area contributed by atoms with Gasteiger partial charge in [-0.25, -0.2) is 0 Å². The van der Waals surface area contributed by atoms with Gasteiger partial charge in [-0.3, -0.25) is 0 Å². The second-order valence-corrected chi connectivity index (χ2v) is 5.12. The largest absolute Gasteiger partial charge is 0.125 e. The molecule has 1 heteroatoms. The standard InChI is InChI=1S/C13H14S/c1-2-6-11-10(5-1)9-14-13-8-4-3-7-12(11)13/h1-2,5-6H,3-4,7-9H2. The van der Waals surface area contributed by atoms with Gasteiger partial charge in [0.1, 0.15) is 0 Å². The molecule has 0 amide bonds. The summed E-state index contributed by atoms with van der Waals surface area (Å²) in [6, 6.07) is 8.91. The lowest BCUT2D eigenvalue weighted by molar-refractivity contribution is 0.733. The monoisotopic (exact) mass is 202 g/mol. The summed E-state index contributed by atoms with van der Waals surface area (Å²) in [6.45, 7) is 0. The molecule has 0 fully saturated rings. The van der Waals surface area contributed by atoms with E-state index in [4.69, 9.17) is 0 Å². The molecule has 1 aliphatic heterocycles. The molecule has 0 bridgehead atoms. The summed E-state index contributed by atoms with van der Waals surface area (Å²) in [4.78, 5) is 1.68. The van der Waals surface area contributed by atoms with E-state index in [-0.39, 0.29) is 0 Å². The van der Waals surface area contributed by atoms with Crippen LogP contribution in [-0.4, -0.2) is 0 Å². The van der Waals surface area contributed by atoms with E-state index in [9.17, 15) is 0 Å². The second-order valence-electron chi connectivity index (χ2n) is 4.05. The minimum atomic E-state index is 1.19. The predicted molar refractivity (Wildman–Crippen MR) is 63.1 cm³/mol. The first kappa shape index (κ1) is 8.60. The molecule has 0 N–H and O–H groups in total. The van der Waals surface area contributed by atoms with Crippen LogP contribution in [0.4, 0.5) is 0 Å². The fraction of sp³-hybridized carbons (Fsp3) is 0.385. The average molecular weight is 202 g/mol. The van der Waals surface area contributed by atoms with Crippen LogP contribution in [0.2, 0.25) is 0 Å². The molecule has 1 aromatic carbocycles. The van der Waals surface area contributed by atoms with E-state index in [1.165, 1.54) is 37.0 Å². The van der Waals surface area contributed by atoms with Crippen molar-refractivity contribution in [2.45, 2.75) is 31.4 Å². The molecular formula is C13H14S. The van der Waals surface area contributed by atoms with Gasteiger partial charge < -0.3 is 0 Å². The van der Waals surface area contributed by atoms with Crippen molar-refractivity contribution in [3.63, 3.8) is 0 Å². The lowest BCUT2D eigenvalue weighted by Gasteiger charge is -2.26. The number of hydrogen-bond donors (Lipinski definition) is 0. The van der Waals surface area contributed by atoms with Crippen LogP contribution in [0.15, 0.2) is 29.2 Å². The number of rotatable bonds is 0. The highest BCUT2D eigenvalue weighted by atomic mass is 32.2. The van der Waals surface area contributed by atoms with E-state index in [0.29, 0.717) is 0 Å². The first-order chi connectivity index (χ1) is 6.95. The highest BCUT2D eigenvalue weighted by molar-refractivity contribution is 8.02. The molecule has 1 aromatic rings. The summed E-state index contributed by atoms with van der Waals surface area (Å²) in [5.41, 5.74) is 4.74. The summed E-state index contributed by atoms with van der Waals surface area (Å²) < 4.78 is 0. The van der Waals surface area contributed by atoms with Crippen molar-refractivity contribution < 1.29 is 0 Å². The zero-order valence-electron chi connectivity index (χ0n) is 8.25. The molecule has 0 aromatic heterocycles. The molecule has 0 unspecified atom stereocenters. The molecule has 0 radical (unpaired) electrons. The van der Waals surface area contributed by atoms with Gasteiger partial charge >= 0.3 is 0 Å². The van der Waals surface area contributed by atoms with Crippen molar-refractivity contribution in [1.29, 1.82) is 0 Å². The van der Waals surface area contributed by atoms with E-state index in [1.54, 1.807) is 16.0 Å². The Morgan fingerprint density at radius 1 is 1.00 bits per heavy atom. The molecule has 0 spiro atoms. The number of benzene rings is 1. The Morgan fingerprint density at radius 2 is 1.86 bits per heavy atom. The molecule has 0 nitrogen and oxygen atoms in total. The SMILES string of the molecule is c1ccc2c(c1)CSC1=C2CCCC1. The Balaban J connectivity index is 2.13. The summed E-state index contributed by atoms with van der Waals surface area (Å²) in [6.07, 6.45) is 5.41. The fourth-order valence-corrected chi connectivity index (χ4v) is 3.68. The molecule has 14 heavy (non-hydrogen) atoms. The third-order valence-corrected chi connectivity index (χ3v) is 4.42. The minimum absolute atomic E-state index is 1.19. The van der Waals surface area contributed by atoms with E-state index in [1.807, 2.05) is 0 Å². The minimum Gasteiger partial charge on any atom is -0.125 e. The van der Waals surface area contributed by atoms with Crippen LogP contribution >= 0.6 is 11.8 Å². The fourth-order valence-electron chi connectivity index (χ4n) is 2.43. The number of fused-ring (bicyclic) bond motifs is 2. The third kappa shape index (κ3) is 1.31. The van der Waals surface area contributed by atoms with Gasteiger partial charge in [-0.2, -0.15) is 0 Å². The van der Waals surface area contributed by atoms with E-state index < -0.39 is 0 Å². The second kappa shape index (κ2) is 3.47. The van der Waals surface area contributed by atoms with E-state index in [2.05, 4.69) is 36.0 Å². The smallest absolute Gasteiger partial charge is 0.0234 e.